The van der Waals surface area contributed by atoms with Gasteiger partial charge < -0.3 is 18.9 Å². The largest absolute Gasteiger partial charge is 0.496 e. The molecule has 0 bridgehead atoms. The fraction of sp³-hybridized carbons (Fsp3) is 0.278. The zero-order chi connectivity index (χ0) is 20.1. The Labute approximate surface area is 164 Å². The first-order valence-electron chi connectivity index (χ1n) is 7.64. The van der Waals surface area contributed by atoms with Gasteiger partial charge in [0.1, 0.15) is 11.1 Å². The van der Waals surface area contributed by atoms with Crippen LogP contribution in [0.2, 0.25) is 10.0 Å². The average Bonchev–Trinajstić information content (AvgIpc) is 2.95. The number of ether oxygens (including phenoxy) is 4. The van der Waals surface area contributed by atoms with Crippen molar-refractivity contribution in [1.82, 2.24) is 0 Å². The quantitative estimate of drug-likeness (QED) is 0.705. The third-order valence-electron chi connectivity index (χ3n) is 4.43. The van der Waals surface area contributed by atoms with E-state index in [9.17, 15) is 14.4 Å². The lowest BCUT2D eigenvalue weighted by atomic mass is 9.81. The lowest BCUT2D eigenvalue weighted by Crippen LogP contribution is -2.49. The van der Waals surface area contributed by atoms with Crippen LogP contribution in [0.1, 0.15) is 15.9 Å². The van der Waals surface area contributed by atoms with E-state index in [0.29, 0.717) is 5.56 Å². The molecule has 1 unspecified atom stereocenters. The van der Waals surface area contributed by atoms with E-state index in [0.717, 1.165) is 19.3 Å². The van der Waals surface area contributed by atoms with Crippen molar-refractivity contribution in [2.24, 2.45) is 0 Å². The number of fused-ring (bicyclic) bond motifs is 1. The van der Waals surface area contributed by atoms with Crippen molar-refractivity contribution in [3.8, 4) is 11.5 Å². The van der Waals surface area contributed by atoms with E-state index in [-0.39, 0.29) is 38.4 Å². The number of rotatable bonds is 3. The number of allylic oxidation sites excluding steroid dienone is 2. The lowest BCUT2D eigenvalue weighted by Gasteiger charge is -2.31. The molecule has 0 N–H and O–H groups in total. The van der Waals surface area contributed by atoms with Gasteiger partial charge in [-0.2, -0.15) is 0 Å². The highest BCUT2D eigenvalue weighted by atomic mass is 35.5. The van der Waals surface area contributed by atoms with Gasteiger partial charge in [-0.05, 0) is 12.5 Å². The van der Waals surface area contributed by atoms with E-state index < -0.39 is 23.1 Å². The van der Waals surface area contributed by atoms with Crippen molar-refractivity contribution in [3.05, 3.63) is 44.7 Å². The van der Waals surface area contributed by atoms with Gasteiger partial charge >= 0.3 is 5.97 Å². The zero-order valence-corrected chi connectivity index (χ0v) is 16.3. The van der Waals surface area contributed by atoms with Gasteiger partial charge in [0.2, 0.25) is 5.78 Å². The molecule has 0 amide bonds. The summed E-state index contributed by atoms with van der Waals surface area (Å²) in [4.78, 5) is 37.8. The maximum Gasteiger partial charge on any atom is 0.338 e. The molecule has 142 valence electrons. The molecule has 2 aliphatic rings. The number of hydrogen-bond acceptors (Lipinski definition) is 7. The first-order valence-corrected chi connectivity index (χ1v) is 8.40. The van der Waals surface area contributed by atoms with E-state index >= 15 is 0 Å². The van der Waals surface area contributed by atoms with E-state index in [4.69, 9.17) is 42.1 Å². The smallest absolute Gasteiger partial charge is 0.338 e. The van der Waals surface area contributed by atoms with E-state index in [1.807, 2.05) is 0 Å². The van der Waals surface area contributed by atoms with Gasteiger partial charge in [-0.15, -0.1) is 0 Å². The number of benzene rings is 1. The topological polar surface area (TPSA) is 88.1 Å². The highest BCUT2D eigenvalue weighted by Gasteiger charge is 2.61. The van der Waals surface area contributed by atoms with Crippen LogP contribution in [0.15, 0.2) is 23.5 Å². The van der Waals surface area contributed by atoms with Crippen LogP contribution in [0.4, 0.5) is 0 Å². The summed E-state index contributed by atoms with van der Waals surface area (Å²) >= 11 is 12.6. The molecule has 0 radical (unpaired) electrons. The molecule has 0 fully saturated rings. The van der Waals surface area contributed by atoms with E-state index in [1.54, 1.807) is 6.92 Å². The molecular weight excluding hydrogens is 399 g/mol. The maximum atomic E-state index is 13.5. The van der Waals surface area contributed by atoms with Crippen LogP contribution >= 0.6 is 23.2 Å². The number of Topliss-reactive ketones (excluding diaryl/α,β-unsaturated/α-hetero) is 1. The van der Waals surface area contributed by atoms with Crippen molar-refractivity contribution < 1.29 is 33.3 Å². The van der Waals surface area contributed by atoms with Gasteiger partial charge in [0.25, 0.3) is 5.60 Å². The molecule has 1 spiro atoms. The molecule has 0 saturated heterocycles. The minimum atomic E-state index is -2.06. The Balaban J connectivity index is 2.36. The molecule has 1 aromatic carbocycles. The first-order chi connectivity index (χ1) is 12.7. The Hall–Kier alpha value is -2.51. The molecule has 7 nitrogen and oxygen atoms in total. The standard InChI is InChI=1S/C18H14Cl2O7/c1-7-12(19)14(25-3)11-15(13(7)20)27-18(16(11)22)9(17(23)26-4)5-8(21)6-10(18)24-2/h5-6H,1-4H3. The van der Waals surface area contributed by atoms with Gasteiger partial charge in [-0.3, -0.25) is 9.59 Å². The second kappa shape index (κ2) is 6.58. The molecule has 1 atom stereocenters. The van der Waals surface area contributed by atoms with Crippen molar-refractivity contribution in [2.75, 3.05) is 21.3 Å². The zero-order valence-electron chi connectivity index (χ0n) is 14.8. The monoisotopic (exact) mass is 412 g/mol. The van der Waals surface area contributed by atoms with Crippen molar-refractivity contribution >= 4 is 40.7 Å². The maximum absolute atomic E-state index is 13.5. The van der Waals surface area contributed by atoms with Crippen LogP contribution in [0, 0.1) is 6.92 Å². The highest BCUT2D eigenvalue weighted by molar-refractivity contribution is 6.40. The minimum Gasteiger partial charge on any atom is -0.496 e. The Morgan fingerprint density at radius 1 is 1.07 bits per heavy atom. The van der Waals surface area contributed by atoms with E-state index in [1.165, 1.54) is 14.2 Å². The third-order valence-corrected chi connectivity index (χ3v) is 5.34. The molecule has 9 heteroatoms. The van der Waals surface area contributed by atoms with Gasteiger partial charge in [-0.25, -0.2) is 4.79 Å². The summed E-state index contributed by atoms with van der Waals surface area (Å²) in [5, 5.41) is 0.214. The number of esters is 1. The molecular formula is C18H14Cl2O7. The number of halogens is 2. The van der Waals surface area contributed by atoms with Gasteiger partial charge in [0, 0.05) is 12.2 Å². The first kappa shape index (κ1) is 19.3. The van der Waals surface area contributed by atoms with Crippen LogP contribution < -0.4 is 9.47 Å². The summed E-state index contributed by atoms with van der Waals surface area (Å²) in [5.74, 6) is -2.35. The van der Waals surface area contributed by atoms with Crippen molar-refractivity contribution in [3.63, 3.8) is 0 Å². The summed E-state index contributed by atoms with van der Waals surface area (Å²) in [5.41, 5.74) is -2.02. The molecule has 0 aromatic heterocycles. The Morgan fingerprint density at radius 3 is 2.30 bits per heavy atom. The Kier molecular flexibility index (Phi) is 4.69. The number of carbonyl (C=O) groups is 3. The SMILES string of the molecule is COC(=O)C1=CC(=O)C=C(OC)C12Oc1c(Cl)c(C)c(Cl)c(OC)c1C2=O. The molecule has 1 aromatic rings. The Bertz CT molecular complexity index is 961. The van der Waals surface area contributed by atoms with Crippen LogP contribution in [-0.4, -0.2) is 44.5 Å². The van der Waals surface area contributed by atoms with E-state index in [2.05, 4.69) is 0 Å². The number of ketones is 2. The van der Waals surface area contributed by atoms with Crippen LogP contribution in [0.3, 0.4) is 0 Å². The fourth-order valence-electron chi connectivity index (χ4n) is 3.13. The van der Waals surface area contributed by atoms with Gasteiger partial charge in [0.05, 0.1) is 31.4 Å². The van der Waals surface area contributed by atoms with Crippen molar-refractivity contribution in [2.45, 2.75) is 12.5 Å². The highest BCUT2D eigenvalue weighted by Crippen LogP contribution is 2.54. The average molecular weight is 413 g/mol. The Morgan fingerprint density at radius 2 is 1.74 bits per heavy atom. The lowest BCUT2D eigenvalue weighted by molar-refractivity contribution is -0.138. The molecule has 3 rings (SSSR count). The normalized spacial score (nSPS) is 20.7. The number of hydrogen-bond donors (Lipinski definition) is 0. The van der Waals surface area contributed by atoms with Gasteiger partial charge in [0.15, 0.2) is 23.0 Å². The van der Waals surface area contributed by atoms with Crippen molar-refractivity contribution in [1.29, 1.82) is 0 Å². The van der Waals surface area contributed by atoms with Crippen LogP contribution in [0.5, 0.6) is 11.5 Å². The molecule has 1 aliphatic heterocycles. The summed E-state index contributed by atoms with van der Waals surface area (Å²) < 4.78 is 21.2. The second-order valence-corrected chi connectivity index (χ2v) is 6.52. The number of carbonyl (C=O) groups excluding carboxylic acids is 3. The molecule has 27 heavy (non-hydrogen) atoms. The predicted octanol–water partition coefficient (Wildman–Crippen LogP) is 2.84. The summed E-state index contributed by atoms with van der Waals surface area (Å²) in [6.45, 7) is 1.63. The summed E-state index contributed by atoms with van der Waals surface area (Å²) in [7, 11) is 3.70. The number of methoxy groups -OCH3 is 3. The van der Waals surface area contributed by atoms with Gasteiger partial charge in [-0.1, -0.05) is 23.2 Å². The predicted molar refractivity (Wildman–Crippen MR) is 95.6 cm³/mol. The van der Waals surface area contributed by atoms with Crippen LogP contribution in [0.25, 0.3) is 0 Å². The minimum absolute atomic E-state index is 0.0208. The molecule has 0 saturated carbocycles. The fourth-order valence-corrected chi connectivity index (χ4v) is 3.67. The second-order valence-electron chi connectivity index (χ2n) is 5.77. The summed E-state index contributed by atoms with van der Waals surface area (Å²) in [6, 6.07) is 0. The van der Waals surface area contributed by atoms with Crippen LogP contribution in [-0.2, 0) is 19.1 Å². The summed E-state index contributed by atoms with van der Waals surface area (Å²) in [6.07, 6.45) is 2.03. The molecule has 1 heterocycles. The third kappa shape index (κ3) is 2.45. The molecule has 1 aliphatic carbocycles.